The standard InChI is InChI=1S/C16H30N2/c1-2-6-12-17(11-5-1)15-9-10-16-18-13-7-3-4-8-14-18/h9-10H,1-8,11-16H2. The molecular weight excluding hydrogens is 220 g/mol. The molecule has 2 aliphatic rings. The lowest BCUT2D eigenvalue weighted by Crippen LogP contribution is -2.26. The molecule has 2 rings (SSSR count). The minimum Gasteiger partial charge on any atom is -0.300 e. The highest BCUT2D eigenvalue weighted by atomic mass is 15.1. The van der Waals surface area contributed by atoms with Gasteiger partial charge in [0, 0.05) is 13.1 Å². The molecule has 0 N–H and O–H groups in total. The minimum absolute atomic E-state index is 1.17. The van der Waals surface area contributed by atoms with Gasteiger partial charge in [-0.3, -0.25) is 9.80 Å². The molecule has 2 heterocycles. The summed E-state index contributed by atoms with van der Waals surface area (Å²) in [5.41, 5.74) is 0. The van der Waals surface area contributed by atoms with E-state index in [4.69, 9.17) is 0 Å². The van der Waals surface area contributed by atoms with E-state index < -0.39 is 0 Å². The van der Waals surface area contributed by atoms with Gasteiger partial charge in [-0.2, -0.15) is 0 Å². The molecule has 2 saturated heterocycles. The number of rotatable bonds is 4. The summed E-state index contributed by atoms with van der Waals surface area (Å²) >= 11 is 0. The van der Waals surface area contributed by atoms with Crippen molar-refractivity contribution < 1.29 is 0 Å². The average molecular weight is 250 g/mol. The molecule has 0 amide bonds. The van der Waals surface area contributed by atoms with Gasteiger partial charge >= 0.3 is 0 Å². The molecule has 0 aromatic rings. The van der Waals surface area contributed by atoms with E-state index in [1.807, 2.05) is 0 Å². The lowest BCUT2D eigenvalue weighted by molar-refractivity contribution is 0.307. The molecule has 0 saturated carbocycles. The maximum absolute atomic E-state index is 2.62. The van der Waals surface area contributed by atoms with Gasteiger partial charge in [0.1, 0.15) is 0 Å². The van der Waals surface area contributed by atoms with Gasteiger partial charge in [-0.05, 0) is 51.9 Å². The molecule has 2 nitrogen and oxygen atoms in total. The first-order valence-electron chi connectivity index (χ1n) is 8.05. The third-order valence-corrected chi connectivity index (χ3v) is 4.29. The van der Waals surface area contributed by atoms with Gasteiger partial charge in [0.25, 0.3) is 0 Å². The van der Waals surface area contributed by atoms with E-state index in [2.05, 4.69) is 22.0 Å². The number of likely N-dealkylation sites (tertiary alicyclic amines) is 2. The van der Waals surface area contributed by atoms with Crippen LogP contribution in [-0.2, 0) is 0 Å². The van der Waals surface area contributed by atoms with Crippen molar-refractivity contribution in [3.8, 4) is 0 Å². The van der Waals surface area contributed by atoms with Crippen molar-refractivity contribution in [1.29, 1.82) is 0 Å². The van der Waals surface area contributed by atoms with Gasteiger partial charge in [-0.1, -0.05) is 37.8 Å². The largest absolute Gasteiger partial charge is 0.300 e. The van der Waals surface area contributed by atoms with Crippen LogP contribution in [0, 0.1) is 0 Å². The first kappa shape index (κ1) is 14.1. The molecule has 2 fully saturated rings. The molecule has 0 aromatic heterocycles. The van der Waals surface area contributed by atoms with Gasteiger partial charge in [0.2, 0.25) is 0 Å². The Kier molecular flexibility index (Phi) is 6.81. The molecule has 104 valence electrons. The first-order valence-corrected chi connectivity index (χ1v) is 8.05. The molecule has 2 heteroatoms. The number of nitrogens with zero attached hydrogens (tertiary/aromatic N) is 2. The predicted octanol–water partition coefficient (Wildman–Crippen LogP) is 3.29. The van der Waals surface area contributed by atoms with Crippen LogP contribution in [0.15, 0.2) is 12.2 Å². The fourth-order valence-corrected chi connectivity index (χ4v) is 3.08. The Labute approximate surface area is 113 Å². The summed E-state index contributed by atoms with van der Waals surface area (Å²) in [6.45, 7) is 7.60. The van der Waals surface area contributed by atoms with E-state index in [-0.39, 0.29) is 0 Å². The lowest BCUT2D eigenvalue weighted by Gasteiger charge is -2.19. The fourth-order valence-electron chi connectivity index (χ4n) is 3.08. The van der Waals surface area contributed by atoms with Crippen molar-refractivity contribution >= 4 is 0 Å². The zero-order chi connectivity index (χ0) is 12.5. The summed E-state index contributed by atoms with van der Waals surface area (Å²) in [6.07, 6.45) is 16.2. The predicted molar refractivity (Wildman–Crippen MR) is 79.0 cm³/mol. The van der Waals surface area contributed by atoms with E-state index in [0.29, 0.717) is 0 Å². The van der Waals surface area contributed by atoms with Crippen molar-refractivity contribution in [2.24, 2.45) is 0 Å². The third kappa shape index (κ3) is 5.53. The zero-order valence-corrected chi connectivity index (χ0v) is 11.9. The van der Waals surface area contributed by atoms with Crippen LogP contribution in [0.3, 0.4) is 0 Å². The SMILES string of the molecule is C(=CCN1CCCCCC1)CN1CCCCCC1. The highest BCUT2D eigenvalue weighted by Gasteiger charge is 2.08. The van der Waals surface area contributed by atoms with E-state index in [1.54, 1.807) is 0 Å². The van der Waals surface area contributed by atoms with Crippen LogP contribution in [-0.4, -0.2) is 49.1 Å². The summed E-state index contributed by atoms with van der Waals surface area (Å²) in [5.74, 6) is 0. The maximum Gasteiger partial charge on any atom is 0.0163 e. The van der Waals surface area contributed by atoms with Crippen LogP contribution in [0.2, 0.25) is 0 Å². The van der Waals surface area contributed by atoms with Crippen LogP contribution in [0.25, 0.3) is 0 Å². The van der Waals surface area contributed by atoms with Gasteiger partial charge in [0.15, 0.2) is 0 Å². The monoisotopic (exact) mass is 250 g/mol. The number of hydrogen-bond acceptors (Lipinski definition) is 2. The second kappa shape index (κ2) is 8.71. The Morgan fingerprint density at radius 1 is 0.500 bits per heavy atom. The third-order valence-electron chi connectivity index (χ3n) is 4.29. The number of hydrogen-bond donors (Lipinski definition) is 0. The second-order valence-electron chi connectivity index (χ2n) is 5.90. The summed E-state index contributed by atoms with van der Waals surface area (Å²) in [4.78, 5) is 5.23. The quantitative estimate of drug-likeness (QED) is 0.706. The summed E-state index contributed by atoms with van der Waals surface area (Å²) in [7, 11) is 0. The molecule has 0 atom stereocenters. The molecule has 0 spiro atoms. The molecule has 0 aromatic carbocycles. The second-order valence-corrected chi connectivity index (χ2v) is 5.90. The van der Waals surface area contributed by atoms with E-state index in [9.17, 15) is 0 Å². The fraction of sp³-hybridized carbons (Fsp3) is 0.875. The zero-order valence-electron chi connectivity index (χ0n) is 11.9. The van der Waals surface area contributed by atoms with E-state index in [0.717, 1.165) is 0 Å². The highest BCUT2D eigenvalue weighted by molar-refractivity contribution is 4.88. The summed E-state index contributed by atoms with van der Waals surface area (Å²) in [6, 6.07) is 0. The molecule has 0 aliphatic carbocycles. The van der Waals surface area contributed by atoms with E-state index >= 15 is 0 Å². The molecule has 0 radical (unpaired) electrons. The van der Waals surface area contributed by atoms with Crippen LogP contribution in [0.5, 0.6) is 0 Å². The van der Waals surface area contributed by atoms with E-state index in [1.165, 1.54) is 90.6 Å². The molecule has 18 heavy (non-hydrogen) atoms. The topological polar surface area (TPSA) is 6.48 Å². The summed E-state index contributed by atoms with van der Waals surface area (Å²) < 4.78 is 0. The Morgan fingerprint density at radius 3 is 1.17 bits per heavy atom. The van der Waals surface area contributed by atoms with Gasteiger partial charge in [0.05, 0.1) is 0 Å². The molecule has 0 bridgehead atoms. The van der Waals surface area contributed by atoms with Crippen molar-refractivity contribution in [3.63, 3.8) is 0 Å². The molecular formula is C16H30N2. The Balaban J connectivity index is 1.61. The average Bonchev–Trinajstić information content (AvgIpc) is 2.79. The lowest BCUT2D eigenvalue weighted by atomic mass is 10.2. The van der Waals surface area contributed by atoms with Gasteiger partial charge in [-0.15, -0.1) is 0 Å². The smallest absolute Gasteiger partial charge is 0.0163 e. The first-order chi connectivity index (χ1) is 8.95. The maximum atomic E-state index is 2.62. The molecule has 2 aliphatic heterocycles. The normalized spacial score (nSPS) is 25.1. The highest BCUT2D eigenvalue weighted by Crippen LogP contribution is 2.10. The van der Waals surface area contributed by atoms with Crippen LogP contribution < -0.4 is 0 Å². The van der Waals surface area contributed by atoms with Gasteiger partial charge < -0.3 is 0 Å². The molecule has 0 unspecified atom stereocenters. The van der Waals surface area contributed by atoms with Crippen molar-refractivity contribution in [2.75, 3.05) is 39.3 Å². The Hall–Kier alpha value is -0.340. The minimum atomic E-state index is 1.17. The van der Waals surface area contributed by atoms with Gasteiger partial charge in [-0.25, -0.2) is 0 Å². The van der Waals surface area contributed by atoms with Crippen molar-refractivity contribution in [2.45, 2.75) is 51.4 Å². The van der Waals surface area contributed by atoms with Crippen molar-refractivity contribution in [3.05, 3.63) is 12.2 Å². The Bertz CT molecular complexity index is 197. The van der Waals surface area contributed by atoms with Crippen LogP contribution in [0.4, 0.5) is 0 Å². The van der Waals surface area contributed by atoms with Crippen LogP contribution >= 0.6 is 0 Å². The Morgan fingerprint density at radius 2 is 0.833 bits per heavy atom. The van der Waals surface area contributed by atoms with Crippen molar-refractivity contribution in [1.82, 2.24) is 9.80 Å². The van der Waals surface area contributed by atoms with Crippen LogP contribution in [0.1, 0.15) is 51.4 Å². The summed E-state index contributed by atoms with van der Waals surface area (Å²) in [5, 5.41) is 0.